The van der Waals surface area contributed by atoms with Crippen LogP contribution >= 0.6 is 34.7 Å². The standard InChI is InChI=1S/C26H22ClF3N2O2S2/c27-17-8-6-13(7-9-17)20-21-14-4-5-15(10-14)22(21)35-24-23(20)36-25(34)32(24)12-19(33)31-18-3-1-2-16(11-18)26(28,29)30/h1-3,6-9,11,14-15,20-22H,4-5,10,12H2,(H,31,33)/t14-,15-,20+,21+,22+/m0/s1. The predicted molar refractivity (Wildman–Crippen MR) is 136 cm³/mol. The van der Waals surface area contributed by atoms with Gasteiger partial charge in [0, 0.05) is 26.8 Å². The number of fused-ring (bicyclic) bond motifs is 6. The second kappa shape index (κ2) is 8.96. The summed E-state index contributed by atoms with van der Waals surface area (Å²) in [6.45, 7) is -0.243. The molecule has 2 aromatic carbocycles. The van der Waals surface area contributed by atoms with Crippen molar-refractivity contribution in [1.29, 1.82) is 0 Å². The average molecular weight is 551 g/mol. The number of carbonyl (C=O) groups excluding carboxylic acids is 1. The highest BCUT2D eigenvalue weighted by atomic mass is 35.5. The Morgan fingerprint density at radius 2 is 1.86 bits per heavy atom. The number of benzene rings is 2. The maximum Gasteiger partial charge on any atom is 0.416 e. The first-order chi connectivity index (χ1) is 17.2. The van der Waals surface area contributed by atoms with Crippen molar-refractivity contribution in [1.82, 2.24) is 4.57 Å². The first-order valence-corrected chi connectivity index (χ1v) is 13.9. The average Bonchev–Trinajstić information content (AvgIpc) is 3.52. The predicted octanol–water partition coefficient (Wildman–Crippen LogP) is 6.87. The Bertz CT molecular complexity index is 1390. The molecule has 0 spiro atoms. The van der Waals surface area contributed by atoms with E-state index in [1.165, 1.54) is 47.3 Å². The molecular formula is C26H22ClF3N2O2S2. The van der Waals surface area contributed by atoms with Gasteiger partial charge in [0.05, 0.1) is 10.6 Å². The number of thioether (sulfide) groups is 1. The number of thiazole rings is 1. The maximum absolute atomic E-state index is 13.1. The summed E-state index contributed by atoms with van der Waals surface area (Å²) >= 11 is 9.04. The molecule has 3 aromatic rings. The van der Waals surface area contributed by atoms with Crippen LogP contribution in [0.2, 0.25) is 5.02 Å². The van der Waals surface area contributed by atoms with E-state index in [0.717, 1.165) is 27.6 Å². The number of amides is 1. The van der Waals surface area contributed by atoms with E-state index in [0.29, 0.717) is 28.0 Å². The quantitative estimate of drug-likeness (QED) is 0.385. The van der Waals surface area contributed by atoms with Crippen LogP contribution in [0.5, 0.6) is 0 Å². The number of anilines is 1. The summed E-state index contributed by atoms with van der Waals surface area (Å²) in [6.07, 6.45) is -0.914. The normalized spacial score (nSPS) is 26.5. The van der Waals surface area contributed by atoms with Gasteiger partial charge < -0.3 is 5.32 Å². The van der Waals surface area contributed by atoms with Crippen LogP contribution in [-0.2, 0) is 17.5 Å². The highest BCUT2D eigenvalue weighted by molar-refractivity contribution is 8.00. The SMILES string of the molecule is O=C(Cn1c2c(sc1=O)[C@H](c1ccc(Cl)cc1)[C@H]1[C@H]3CC[C@@H](C3)[C@H]1S2)Nc1cccc(C(F)(F)F)c1. The monoisotopic (exact) mass is 550 g/mol. The second-order valence-electron chi connectivity index (χ2n) is 9.77. The third-order valence-electron chi connectivity index (χ3n) is 7.70. The highest BCUT2D eigenvalue weighted by Gasteiger charge is 2.55. The van der Waals surface area contributed by atoms with E-state index >= 15 is 0 Å². The van der Waals surface area contributed by atoms with E-state index in [9.17, 15) is 22.8 Å². The summed E-state index contributed by atoms with van der Waals surface area (Å²) < 4.78 is 40.7. The Morgan fingerprint density at radius 1 is 1.11 bits per heavy atom. The van der Waals surface area contributed by atoms with Gasteiger partial charge in [-0.15, -0.1) is 11.8 Å². The molecule has 0 unspecified atom stereocenters. The van der Waals surface area contributed by atoms with E-state index in [-0.39, 0.29) is 23.0 Å². The van der Waals surface area contributed by atoms with Gasteiger partial charge in [0.15, 0.2) is 0 Å². The molecule has 4 nitrogen and oxygen atoms in total. The number of nitrogens with one attached hydrogen (secondary N) is 1. The molecule has 3 aliphatic rings. The van der Waals surface area contributed by atoms with E-state index in [4.69, 9.17) is 11.6 Å². The van der Waals surface area contributed by atoms with Crippen LogP contribution in [0.4, 0.5) is 18.9 Å². The zero-order chi connectivity index (χ0) is 25.2. The van der Waals surface area contributed by atoms with Crippen molar-refractivity contribution in [3.05, 3.63) is 79.2 Å². The van der Waals surface area contributed by atoms with Crippen LogP contribution in [0, 0.1) is 17.8 Å². The summed E-state index contributed by atoms with van der Waals surface area (Å²) in [5, 5.41) is 4.39. The van der Waals surface area contributed by atoms with Gasteiger partial charge in [-0.25, -0.2) is 0 Å². The molecule has 6 rings (SSSR count). The molecule has 0 radical (unpaired) electrons. The molecule has 1 N–H and O–H groups in total. The number of halogens is 4. The smallest absolute Gasteiger partial charge is 0.325 e. The number of carbonyl (C=O) groups is 1. The molecular weight excluding hydrogens is 529 g/mol. The molecule has 0 saturated heterocycles. The van der Waals surface area contributed by atoms with Gasteiger partial charge in [-0.05, 0) is 72.9 Å². The molecule has 2 bridgehead atoms. The van der Waals surface area contributed by atoms with Crippen molar-refractivity contribution >= 4 is 46.3 Å². The Morgan fingerprint density at radius 3 is 2.61 bits per heavy atom. The summed E-state index contributed by atoms with van der Waals surface area (Å²) in [5.74, 6) is 1.19. The van der Waals surface area contributed by atoms with Gasteiger partial charge in [-0.1, -0.05) is 41.1 Å². The van der Waals surface area contributed by atoms with E-state index in [1.54, 1.807) is 11.8 Å². The Kier molecular flexibility index (Phi) is 6.00. The van der Waals surface area contributed by atoms with Crippen molar-refractivity contribution in [2.24, 2.45) is 17.8 Å². The summed E-state index contributed by atoms with van der Waals surface area (Å²) in [5.41, 5.74) is 0.339. The van der Waals surface area contributed by atoms with Crippen molar-refractivity contribution in [3.8, 4) is 0 Å². The van der Waals surface area contributed by atoms with E-state index < -0.39 is 17.6 Å². The topological polar surface area (TPSA) is 51.1 Å². The Labute approximate surface area is 218 Å². The number of hydrogen-bond acceptors (Lipinski definition) is 4. The molecule has 10 heteroatoms. The van der Waals surface area contributed by atoms with Crippen molar-refractivity contribution in [2.75, 3.05) is 5.32 Å². The molecule has 2 fully saturated rings. The van der Waals surface area contributed by atoms with Crippen LogP contribution in [0.25, 0.3) is 0 Å². The van der Waals surface area contributed by atoms with E-state index in [1.807, 2.05) is 24.3 Å². The molecule has 2 saturated carbocycles. The van der Waals surface area contributed by atoms with E-state index in [2.05, 4.69) is 5.32 Å². The number of rotatable bonds is 4. The van der Waals surface area contributed by atoms with Gasteiger partial charge in [0.25, 0.3) is 0 Å². The number of nitrogens with zero attached hydrogens (tertiary/aromatic N) is 1. The van der Waals surface area contributed by atoms with Crippen molar-refractivity contribution < 1.29 is 18.0 Å². The van der Waals surface area contributed by atoms with Crippen molar-refractivity contribution in [2.45, 2.75) is 48.2 Å². The van der Waals surface area contributed by atoms with Gasteiger partial charge in [0.2, 0.25) is 5.91 Å². The van der Waals surface area contributed by atoms with Gasteiger partial charge in [-0.3, -0.25) is 14.2 Å². The number of hydrogen-bond donors (Lipinski definition) is 1. The lowest BCUT2D eigenvalue weighted by atomic mass is 9.75. The molecule has 36 heavy (non-hydrogen) atoms. The van der Waals surface area contributed by atoms with Crippen molar-refractivity contribution in [3.63, 3.8) is 0 Å². The minimum absolute atomic E-state index is 0.0480. The van der Waals surface area contributed by atoms with Gasteiger partial charge in [-0.2, -0.15) is 13.2 Å². The fraction of sp³-hybridized carbons (Fsp3) is 0.385. The highest BCUT2D eigenvalue weighted by Crippen LogP contribution is 2.64. The maximum atomic E-state index is 13.1. The first-order valence-electron chi connectivity index (χ1n) is 11.8. The summed E-state index contributed by atoms with van der Waals surface area (Å²) in [4.78, 5) is 26.7. The Balaban J connectivity index is 1.32. The molecule has 2 heterocycles. The van der Waals surface area contributed by atoms with Crippen LogP contribution in [0.3, 0.4) is 0 Å². The minimum Gasteiger partial charge on any atom is -0.325 e. The minimum atomic E-state index is -4.51. The second-order valence-corrected chi connectivity index (χ2v) is 12.4. The summed E-state index contributed by atoms with van der Waals surface area (Å²) in [7, 11) is 0. The van der Waals surface area contributed by atoms with Crippen LogP contribution in [0.1, 0.15) is 41.2 Å². The first kappa shape index (κ1) is 24.1. The fourth-order valence-corrected chi connectivity index (χ4v) is 9.52. The zero-order valence-corrected chi connectivity index (χ0v) is 21.3. The molecule has 2 aliphatic carbocycles. The molecule has 5 atom stereocenters. The third-order valence-corrected chi connectivity index (χ3v) is 10.8. The largest absolute Gasteiger partial charge is 0.416 e. The molecule has 1 aliphatic heterocycles. The number of aromatic nitrogens is 1. The summed E-state index contributed by atoms with van der Waals surface area (Å²) in [6, 6.07) is 12.3. The molecule has 1 amide bonds. The fourth-order valence-electron chi connectivity index (χ4n) is 6.25. The van der Waals surface area contributed by atoms with Gasteiger partial charge >= 0.3 is 11.0 Å². The molecule has 1 aromatic heterocycles. The lowest BCUT2D eigenvalue weighted by Crippen LogP contribution is -2.34. The van der Waals surface area contributed by atoms with Crippen LogP contribution in [-0.4, -0.2) is 15.7 Å². The third kappa shape index (κ3) is 4.19. The van der Waals surface area contributed by atoms with Crippen LogP contribution in [0.15, 0.2) is 58.4 Å². The zero-order valence-electron chi connectivity index (χ0n) is 18.9. The lowest BCUT2D eigenvalue weighted by molar-refractivity contribution is -0.137. The number of alkyl halides is 3. The molecule has 188 valence electrons. The van der Waals surface area contributed by atoms with Gasteiger partial charge in [0.1, 0.15) is 6.54 Å². The Hall–Kier alpha value is -2.23. The lowest BCUT2D eigenvalue weighted by Gasteiger charge is -2.40. The van der Waals surface area contributed by atoms with Crippen LogP contribution < -0.4 is 10.2 Å².